The van der Waals surface area contributed by atoms with E-state index in [9.17, 15) is 4.79 Å². The number of pyridine rings is 1. The molecule has 0 aliphatic heterocycles. The number of hydrogen-bond donors (Lipinski definition) is 1. The van der Waals surface area contributed by atoms with Gasteiger partial charge in [0.25, 0.3) is 5.91 Å². The number of nitrogens with one attached hydrogen (secondary N) is 1. The Kier molecular flexibility index (Phi) is 4.65. The molecule has 0 atom stereocenters. The van der Waals surface area contributed by atoms with Crippen LogP contribution in [0.2, 0.25) is 0 Å². The van der Waals surface area contributed by atoms with Crippen LogP contribution in [0.25, 0.3) is 10.9 Å². The van der Waals surface area contributed by atoms with Gasteiger partial charge in [0.05, 0.1) is 16.8 Å². The SMILES string of the molecule is CCN(CC)C(=O)c1cnc(Nc2cccc3cccnc23)nc1. The molecular weight excluding hydrogens is 302 g/mol. The molecule has 0 spiro atoms. The molecule has 0 unspecified atom stereocenters. The maximum atomic E-state index is 12.3. The first-order valence-corrected chi connectivity index (χ1v) is 7.95. The molecule has 0 radical (unpaired) electrons. The summed E-state index contributed by atoms with van der Waals surface area (Å²) in [5.74, 6) is 0.377. The zero-order valence-corrected chi connectivity index (χ0v) is 13.7. The molecule has 2 heterocycles. The number of anilines is 2. The summed E-state index contributed by atoms with van der Waals surface area (Å²) in [6.45, 7) is 5.23. The number of carbonyl (C=O) groups excluding carboxylic acids is 1. The van der Waals surface area contributed by atoms with Crippen molar-refractivity contribution in [1.29, 1.82) is 0 Å². The highest BCUT2D eigenvalue weighted by Crippen LogP contribution is 2.22. The van der Waals surface area contributed by atoms with Crippen molar-refractivity contribution >= 4 is 28.4 Å². The molecule has 0 aliphatic rings. The van der Waals surface area contributed by atoms with Gasteiger partial charge in [-0.3, -0.25) is 9.78 Å². The van der Waals surface area contributed by atoms with Crippen molar-refractivity contribution in [2.75, 3.05) is 18.4 Å². The third kappa shape index (κ3) is 3.17. The van der Waals surface area contributed by atoms with E-state index in [0.29, 0.717) is 24.6 Å². The van der Waals surface area contributed by atoms with Crippen LogP contribution >= 0.6 is 0 Å². The molecule has 1 aromatic carbocycles. The summed E-state index contributed by atoms with van der Waals surface area (Å²) in [6, 6.07) is 9.77. The lowest BCUT2D eigenvalue weighted by molar-refractivity contribution is 0.0772. The van der Waals surface area contributed by atoms with E-state index in [1.165, 1.54) is 0 Å². The van der Waals surface area contributed by atoms with Crippen LogP contribution in [0.1, 0.15) is 24.2 Å². The van der Waals surface area contributed by atoms with Crippen molar-refractivity contribution < 1.29 is 4.79 Å². The van der Waals surface area contributed by atoms with Crippen LogP contribution in [-0.2, 0) is 0 Å². The number of aromatic nitrogens is 3. The number of carbonyl (C=O) groups is 1. The number of nitrogens with zero attached hydrogens (tertiary/aromatic N) is 4. The third-order valence-corrected chi connectivity index (χ3v) is 3.83. The molecule has 0 fully saturated rings. The minimum absolute atomic E-state index is 0.0571. The van der Waals surface area contributed by atoms with E-state index in [-0.39, 0.29) is 5.91 Å². The minimum atomic E-state index is -0.0571. The van der Waals surface area contributed by atoms with Crippen molar-refractivity contribution in [3.63, 3.8) is 0 Å². The van der Waals surface area contributed by atoms with Gasteiger partial charge in [0.1, 0.15) is 0 Å². The molecule has 24 heavy (non-hydrogen) atoms. The fourth-order valence-electron chi connectivity index (χ4n) is 2.52. The number of hydrogen-bond acceptors (Lipinski definition) is 5. The maximum Gasteiger partial charge on any atom is 0.256 e. The number of rotatable bonds is 5. The summed E-state index contributed by atoms with van der Waals surface area (Å²) in [4.78, 5) is 26.9. The Bertz CT molecular complexity index is 838. The van der Waals surface area contributed by atoms with E-state index in [1.807, 2.05) is 44.2 Å². The standard InChI is InChI=1S/C18H19N5O/c1-3-23(4-2)17(24)14-11-20-18(21-12-14)22-15-9-5-7-13-8-6-10-19-16(13)15/h5-12H,3-4H2,1-2H3,(H,20,21,22). The van der Waals surface area contributed by atoms with Crippen LogP contribution in [0, 0.1) is 0 Å². The Morgan fingerprint density at radius 1 is 1.04 bits per heavy atom. The van der Waals surface area contributed by atoms with Gasteiger partial charge in [-0.1, -0.05) is 18.2 Å². The average molecular weight is 321 g/mol. The predicted molar refractivity (Wildman–Crippen MR) is 94.3 cm³/mol. The highest BCUT2D eigenvalue weighted by atomic mass is 16.2. The molecule has 0 saturated heterocycles. The van der Waals surface area contributed by atoms with Crippen LogP contribution in [0.4, 0.5) is 11.6 Å². The molecule has 2 aromatic heterocycles. The molecule has 1 N–H and O–H groups in total. The van der Waals surface area contributed by atoms with Crippen LogP contribution < -0.4 is 5.32 Å². The number of para-hydroxylation sites is 1. The second-order valence-electron chi connectivity index (χ2n) is 5.28. The Hall–Kier alpha value is -3.02. The molecule has 6 nitrogen and oxygen atoms in total. The molecule has 122 valence electrons. The minimum Gasteiger partial charge on any atom is -0.339 e. The molecule has 6 heteroatoms. The molecule has 1 amide bonds. The topological polar surface area (TPSA) is 71.0 Å². The largest absolute Gasteiger partial charge is 0.339 e. The molecule has 0 aliphatic carbocycles. The fraction of sp³-hybridized carbons (Fsp3) is 0.222. The summed E-state index contributed by atoms with van der Waals surface area (Å²) in [5, 5.41) is 4.20. The first-order valence-electron chi connectivity index (χ1n) is 7.95. The first kappa shape index (κ1) is 15.9. The summed E-state index contributed by atoms with van der Waals surface area (Å²) in [7, 11) is 0. The van der Waals surface area contributed by atoms with Crippen molar-refractivity contribution in [1.82, 2.24) is 19.9 Å². The van der Waals surface area contributed by atoms with Gasteiger partial charge in [-0.05, 0) is 26.0 Å². The first-order chi connectivity index (χ1) is 11.7. The van der Waals surface area contributed by atoms with Gasteiger partial charge in [-0.2, -0.15) is 0 Å². The van der Waals surface area contributed by atoms with Crippen LogP contribution in [-0.4, -0.2) is 38.8 Å². The smallest absolute Gasteiger partial charge is 0.256 e. The Balaban J connectivity index is 1.82. The van der Waals surface area contributed by atoms with Crippen molar-refractivity contribution in [2.24, 2.45) is 0 Å². The second-order valence-corrected chi connectivity index (χ2v) is 5.28. The van der Waals surface area contributed by atoms with E-state index < -0.39 is 0 Å². The number of fused-ring (bicyclic) bond motifs is 1. The van der Waals surface area contributed by atoms with Gasteiger partial charge in [-0.15, -0.1) is 0 Å². The number of benzene rings is 1. The summed E-state index contributed by atoms with van der Waals surface area (Å²) < 4.78 is 0. The Morgan fingerprint density at radius 3 is 2.46 bits per heavy atom. The van der Waals surface area contributed by atoms with Gasteiger partial charge in [0, 0.05) is 37.1 Å². The normalized spacial score (nSPS) is 10.6. The summed E-state index contributed by atoms with van der Waals surface area (Å²) in [6.07, 6.45) is 4.85. The van der Waals surface area contributed by atoms with E-state index in [2.05, 4.69) is 20.3 Å². The highest BCUT2D eigenvalue weighted by molar-refractivity contribution is 5.94. The average Bonchev–Trinajstić information content (AvgIpc) is 2.63. The fourth-order valence-corrected chi connectivity index (χ4v) is 2.52. The van der Waals surface area contributed by atoms with Crippen molar-refractivity contribution in [2.45, 2.75) is 13.8 Å². The van der Waals surface area contributed by atoms with Crippen LogP contribution in [0.3, 0.4) is 0 Å². The van der Waals surface area contributed by atoms with E-state index in [4.69, 9.17) is 0 Å². The highest BCUT2D eigenvalue weighted by Gasteiger charge is 2.13. The zero-order chi connectivity index (χ0) is 16.9. The van der Waals surface area contributed by atoms with Gasteiger partial charge in [0.2, 0.25) is 5.95 Å². The third-order valence-electron chi connectivity index (χ3n) is 3.83. The lowest BCUT2D eigenvalue weighted by Gasteiger charge is -2.18. The predicted octanol–water partition coefficient (Wildman–Crippen LogP) is 3.25. The molecule has 0 saturated carbocycles. The van der Waals surface area contributed by atoms with Crippen LogP contribution in [0.15, 0.2) is 48.9 Å². The quantitative estimate of drug-likeness (QED) is 0.781. The molecule has 3 rings (SSSR count). The Labute approximate surface area is 140 Å². The number of amides is 1. The lowest BCUT2D eigenvalue weighted by Crippen LogP contribution is -2.30. The summed E-state index contributed by atoms with van der Waals surface area (Å²) >= 11 is 0. The second kappa shape index (κ2) is 7.04. The molecule has 3 aromatic rings. The monoisotopic (exact) mass is 321 g/mol. The van der Waals surface area contributed by atoms with E-state index >= 15 is 0 Å². The zero-order valence-electron chi connectivity index (χ0n) is 13.7. The summed E-state index contributed by atoms with van der Waals surface area (Å²) in [5.41, 5.74) is 2.17. The van der Waals surface area contributed by atoms with Gasteiger partial charge in [-0.25, -0.2) is 9.97 Å². The molecular formula is C18H19N5O. The lowest BCUT2D eigenvalue weighted by atomic mass is 10.2. The Morgan fingerprint density at radius 2 is 1.75 bits per heavy atom. The van der Waals surface area contributed by atoms with E-state index in [1.54, 1.807) is 23.5 Å². The van der Waals surface area contributed by atoms with Crippen molar-refractivity contribution in [3.8, 4) is 0 Å². The van der Waals surface area contributed by atoms with E-state index in [0.717, 1.165) is 16.6 Å². The van der Waals surface area contributed by atoms with Gasteiger partial charge >= 0.3 is 0 Å². The maximum absolute atomic E-state index is 12.3. The van der Waals surface area contributed by atoms with Gasteiger partial charge in [0.15, 0.2) is 0 Å². The van der Waals surface area contributed by atoms with Gasteiger partial charge < -0.3 is 10.2 Å². The van der Waals surface area contributed by atoms with Crippen molar-refractivity contribution in [3.05, 3.63) is 54.5 Å². The molecule has 0 bridgehead atoms. The van der Waals surface area contributed by atoms with Crippen LogP contribution in [0.5, 0.6) is 0 Å².